The second kappa shape index (κ2) is 5.88. The SMILES string of the molecule is Cc1ccc(NCc2cccc([N+](=O)[O-])c2F)c(Cl)c1. The predicted octanol–water partition coefficient (Wildman–Crippen LogP) is 4.31. The van der Waals surface area contributed by atoms with Crippen LogP contribution in [-0.4, -0.2) is 4.92 Å². The van der Waals surface area contributed by atoms with Crippen LogP contribution in [0.2, 0.25) is 5.02 Å². The van der Waals surface area contributed by atoms with Crippen LogP contribution >= 0.6 is 11.6 Å². The van der Waals surface area contributed by atoms with Crippen molar-refractivity contribution in [3.63, 3.8) is 0 Å². The number of hydrogen-bond donors (Lipinski definition) is 1. The molecule has 0 saturated carbocycles. The number of halogens is 2. The van der Waals surface area contributed by atoms with E-state index in [9.17, 15) is 14.5 Å². The molecule has 2 aromatic carbocycles. The summed E-state index contributed by atoms with van der Waals surface area (Å²) >= 11 is 6.05. The average Bonchev–Trinajstić information content (AvgIpc) is 2.39. The van der Waals surface area contributed by atoms with Gasteiger partial charge in [-0.3, -0.25) is 10.1 Å². The van der Waals surface area contributed by atoms with Crippen LogP contribution in [0, 0.1) is 22.9 Å². The number of aryl methyl sites for hydroxylation is 1. The lowest BCUT2D eigenvalue weighted by Gasteiger charge is -2.09. The van der Waals surface area contributed by atoms with Gasteiger partial charge in [0.1, 0.15) is 0 Å². The first-order valence-corrected chi connectivity index (χ1v) is 6.28. The van der Waals surface area contributed by atoms with E-state index in [4.69, 9.17) is 11.6 Å². The number of nitrogens with zero attached hydrogens (tertiary/aromatic N) is 1. The van der Waals surface area contributed by atoms with E-state index in [0.29, 0.717) is 10.7 Å². The van der Waals surface area contributed by atoms with Crippen molar-refractivity contribution in [3.05, 3.63) is 68.5 Å². The third-order valence-electron chi connectivity index (χ3n) is 2.85. The number of benzene rings is 2. The van der Waals surface area contributed by atoms with E-state index in [2.05, 4.69) is 5.32 Å². The topological polar surface area (TPSA) is 55.2 Å². The minimum absolute atomic E-state index is 0.121. The quantitative estimate of drug-likeness (QED) is 0.675. The molecular formula is C14H12ClFN2O2. The first kappa shape index (κ1) is 14.3. The fourth-order valence-electron chi connectivity index (χ4n) is 1.80. The molecule has 2 aromatic rings. The highest BCUT2D eigenvalue weighted by Crippen LogP contribution is 2.25. The summed E-state index contributed by atoms with van der Waals surface area (Å²) in [6.07, 6.45) is 0. The van der Waals surface area contributed by atoms with Gasteiger partial charge < -0.3 is 5.32 Å². The molecule has 0 aliphatic heterocycles. The molecule has 0 aromatic heterocycles. The number of nitrogens with one attached hydrogen (secondary N) is 1. The zero-order valence-corrected chi connectivity index (χ0v) is 11.4. The van der Waals surface area contributed by atoms with Crippen molar-refractivity contribution in [3.8, 4) is 0 Å². The summed E-state index contributed by atoms with van der Waals surface area (Å²) in [5, 5.41) is 14.2. The molecule has 104 valence electrons. The standard InChI is InChI=1S/C14H12ClFN2O2/c1-9-5-6-12(11(15)7-9)17-8-10-3-2-4-13(14(10)16)18(19)20/h2-7,17H,8H2,1H3. The summed E-state index contributed by atoms with van der Waals surface area (Å²) in [6.45, 7) is 2.03. The van der Waals surface area contributed by atoms with Crippen LogP contribution in [0.1, 0.15) is 11.1 Å². The Bertz CT molecular complexity index is 662. The molecule has 0 spiro atoms. The number of anilines is 1. The first-order valence-electron chi connectivity index (χ1n) is 5.91. The molecule has 6 heteroatoms. The summed E-state index contributed by atoms with van der Waals surface area (Å²) in [5.41, 5.74) is 1.36. The molecule has 2 rings (SSSR count). The Morgan fingerprint density at radius 1 is 1.35 bits per heavy atom. The van der Waals surface area contributed by atoms with Gasteiger partial charge in [-0.05, 0) is 24.6 Å². The third kappa shape index (κ3) is 3.05. The number of hydrogen-bond acceptors (Lipinski definition) is 3. The Morgan fingerprint density at radius 2 is 2.10 bits per heavy atom. The Labute approximate surface area is 120 Å². The van der Waals surface area contributed by atoms with Crippen LogP contribution in [0.15, 0.2) is 36.4 Å². The van der Waals surface area contributed by atoms with E-state index in [1.54, 1.807) is 12.1 Å². The molecule has 0 aliphatic carbocycles. The molecule has 0 radical (unpaired) electrons. The molecule has 0 aliphatic rings. The van der Waals surface area contributed by atoms with Crippen LogP contribution in [0.5, 0.6) is 0 Å². The Balaban J connectivity index is 2.19. The molecule has 0 amide bonds. The fourth-order valence-corrected chi connectivity index (χ4v) is 2.10. The Morgan fingerprint density at radius 3 is 2.75 bits per heavy atom. The Kier molecular flexibility index (Phi) is 4.20. The molecule has 4 nitrogen and oxygen atoms in total. The summed E-state index contributed by atoms with van der Waals surface area (Å²) in [7, 11) is 0. The molecule has 0 heterocycles. The normalized spacial score (nSPS) is 10.3. The van der Waals surface area contributed by atoms with E-state index in [1.807, 2.05) is 13.0 Å². The largest absolute Gasteiger partial charge is 0.380 e. The molecule has 1 N–H and O–H groups in total. The summed E-state index contributed by atoms with van der Waals surface area (Å²) in [4.78, 5) is 9.93. The fraction of sp³-hybridized carbons (Fsp3) is 0.143. The van der Waals surface area contributed by atoms with Crippen LogP contribution < -0.4 is 5.32 Å². The van der Waals surface area contributed by atoms with Gasteiger partial charge in [0.05, 0.1) is 15.6 Å². The second-order valence-corrected chi connectivity index (χ2v) is 4.75. The lowest BCUT2D eigenvalue weighted by Crippen LogP contribution is -2.04. The molecule has 20 heavy (non-hydrogen) atoms. The van der Waals surface area contributed by atoms with Crippen LogP contribution in [0.4, 0.5) is 15.8 Å². The average molecular weight is 295 g/mol. The maximum absolute atomic E-state index is 13.9. The maximum atomic E-state index is 13.9. The minimum atomic E-state index is -0.826. The van der Waals surface area contributed by atoms with E-state index in [0.717, 1.165) is 11.6 Å². The van der Waals surface area contributed by atoms with Gasteiger partial charge >= 0.3 is 5.69 Å². The summed E-state index contributed by atoms with van der Waals surface area (Å²) in [5.74, 6) is -0.826. The molecule has 0 fully saturated rings. The smallest absolute Gasteiger partial charge is 0.305 e. The zero-order valence-electron chi connectivity index (χ0n) is 10.7. The maximum Gasteiger partial charge on any atom is 0.305 e. The van der Waals surface area contributed by atoms with Gasteiger partial charge in [0.2, 0.25) is 5.82 Å². The zero-order chi connectivity index (χ0) is 14.7. The molecule has 0 unspecified atom stereocenters. The third-order valence-corrected chi connectivity index (χ3v) is 3.16. The van der Waals surface area contributed by atoms with Crippen molar-refractivity contribution in [1.82, 2.24) is 0 Å². The van der Waals surface area contributed by atoms with Crippen LogP contribution in [-0.2, 0) is 6.54 Å². The van der Waals surface area contributed by atoms with Gasteiger partial charge in [0.15, 0.2) is 0 Å². The highest BCUT2D eigenvalue weighted by Gasteiger charge is 2.16. The minimum Gasteiger partial charge on any atom is -0.380 e. The van der Waals surface area contributed by atoms with Crippen molar-refractivity contribution >= 4 is 23.0 Å². The van der Waals surface area contributed by atoms with Gasteiger partial charge in [0.25, 0.3) is 0 Å². The van der Waals surface area contributed by atoms with Crippen LogP contribution in [0.3, 0.4) is 0 Å². The van der Waals surface area contributed by atoms with Crippen molar-refractivity contribution in [2.75, 3.05) is 5.32 Å². The molecular weight excluding hydrogens is 283 g/mol. The number of nitro groups is 1. The van der Waals surface area contributed by atoms with Gasteiger partial charge in [-0.1, -0.05) is 29.8 Å². The molecule has 0 saturated heterocycles. The molecule has 0 atom stereocenters. The lowest BCUT2D eigenvalue weighted by atomic mass is 10.1. The van der Waals surface area contributed by atoms with E-state index in [-0.39, 0.29) is 12.1 Å². The number of nitro benzene ring substituents is 1. The van der Waals surface area contributed by atoms with E-state index < -0.39 is 16.4 Å². The van der Waals surface area contributed by atoms with Gasteiger partial charge in [-0.2, -0.15) is 4.39 Å². The predicted molar refractivity (Wildman–Crippen MR) is 76.6 cm³/mol. The first-order chi connectivity index (χ1) is 9.49. The van der Waals surface area contributed by atoms with Crippen molar-refractivity contribution < 1.29 is 9.31 Å². The van der Waals surface area contributed by atoms with Crippen LogP contribution in [0.25, 0.3) is 0 Å². The Hall–Kier alpha value is -2.14. The molecule has 0 bridgehead atoms. The second-order valence-electron chi connectivity index (χ2n) is 4.34. The van der Waals surface area contributed by atoms with Gasteiger partial charge in [0, 0.05) is 18.2 Å². The monoisotopic (exact) mass is 294 g/mol. The van der Waals surface area contributed by atoms with Crippen molar-refractivity contribution in [2.24, 2.45) is 0 Å². The highest BCUT2D eigenvalue weighted by molar-refractivity contribution is 6.33. The van der Waals surface area contributed by atoms with E-state index >= 15 is 0 Å². The lowest BCUT2D eigenvalue weighted by molar-refractivity contribution is -0.387. The van der Waals surface area contributed by atoms with Crippen molar-refractivity contribution in [2.45, 2.75) is 13.5 Å². The van der Waals surface area contributed by atoms with Crippen molar-refractivity contribution in [1.29, 1.82) is 0 Å². The van der Waals surface area contributed by atoms with E-state index in [1.165, 1.54) is 12.1 Å². The van der Waals surface area contributed by atoms with Gasteiger partial charge in [-0.15, -0.1) is 0 Å². The number of rotatable bonds is 4. The summed E-state index contributed by atoms with van der Waals surface area (Å²) < 4.78 is 13.9. The summed E-state index contributed by atoms with van der Waals surface area (Å²) in [6, 6.07) is 9.53. The highest BCUT2D eigenvalue weighted by atomic mass is 35.5. The van der Waals surface area contributed by atoms with Gasteiger partial charge in [-0.25, -0.2) is 0 Å².